The minimum Gasteiger partial charge on any atom is -0.464 e. The predicted molar refractivity (Wildman–Crippen MR) is 157 cm³/mol. The molecule has 1 heterocycles. The molecule has 0 aliphatic heterocycles. The Morgan fingerprint density at radius 3 is 2.24 bits per heavy atom. The average Bonchev–Trinajstić information content (AvgIpc) is 3.41. The maximum atomic E-state index is 12.8. The second kappa shape index (κ2) is 14.5. The number of carbonyl (C=O) groups excluding carboxylic acids is 2. The fourth-order valence-electron chi connectivity index (χ4n) is 4.43. The molecule has 0 saturated carbocycles. The molecule has 0 bridgehead atoms. The largest absolute Gasteiger partial charge is 0.464 e. The van der Waals surface area contributed by atoms with Gasteiger partial charge < -0.3 is 19.5 Å². The number of imidazole rings is 1. The first-order chi connectivity index (χ1) is 19.5. The van der Waals surface area contributed by atoms with Crippen LogP contribution in [0.15, 0.2) is 60.9 Å². The number of carbonyl (C=O) groups is 3. The Labute approximate surface area is 242 Å². The maximum absolute atomic E-state index is 12.8. The third-order valence-electron chi connectivity index (χ3n) is 6.60. The molecule has 1 aromatic heterocycles. The Morgan fingerprint density at radius 1 is 0.976 bits per heavy atom. The highest BCUT2D eigenvalue weighted by atomic mass is 16.6. The molecule has 0 saturated heterocycles. The topological polar surface area (TPSA) is 111 Å². The lowest BCUT2D eigenvalue weighted by Gasteiger charge is -2.27. The summed E-state index contributed by atoms with van der Waals surface area (Å²) in [4.78, 5) is 42.9. The Morgan fingerprint density at radius 2 is 1.63 bits per heavy atom. The van der Waals surface area contributed by atoms with E-state index in [1.165, 1.54) is 48.5 Å². The van der Waals surface area contributed by atoms with Gasteiger partial charge in [-0.05, 0) is 69.0 Å². The molecule has 0 aliphatic carbocycles. The number of rotatable bonds is 12. The smallest absolute Gasteiger partial charge is 0.417 e. The summed E-state index contributed by atoms with van der Waals surface area (Å²) in [6, 6.07) is 14.3. The van der Waals surface area contributed by atoms with Crippen LogP contribution in [0.4, 0.5) is 9.59 Å². The summed E-state index contributed by atoms with van der Waals surface area (Å²) in [6.07, 6.45) is 8.11. The molecule has 9 heteroatoms. The zero-order chi connectivity index (χ0) is 30.0. The van der Waals surface area contributed by atoms with Crippen molar-refractivity contribution in [3.8, 4) is 5.75 Å². The monoisotopic (exact) mass is 563 g/mol. The van der Waals surface area contributed by atoms with Crippen molar-refractivity contribution in [2.45, 2.75) is 77.7 Å². The van der Waals surface area contributed by atoms with Crippen LogP contribution < -0.4 is 4.74 Å². The molecule has 1 atom stereocenters. The fourth-order valence-corrected chi connectivity index (χ4v) is 4.43. The van der Waals surface area contributed by atoms with Gasteiger partial charge >= 0.3 is 18.2 Å². The van der Waals surface area contributed by atoms with Gasteiger partial charge in [-0.15, -0.1) is 0 Å². The molecule has 0 spiro atoms. The van der Waals surface area contributed by atoms with Gasteiger partial charge in [0.1, 0.15) is 17.2 Å². The van der Waals surface area contributed by atoms with E-state index in [-0.39, 0.29) is 12.4 Å². The number of aromatic nitrogens is 2. The Bertz CT molecular complexity index is 1290. The van der Waals surface area contributed by atoms with Crippen LogP contribution in [0.3, 0.4) is 0 Å². The van der Waals surface area contributed by atoms with E-state index in [0.29, 0.717) is 16.9 Å². The van der Waals surface area contributed by atoms with Gasteiger partial charge in [-0.2, -0.15) is 0 Å². The van der Waals surface area contributed by atoms with Crippen molar-refractivity contribution in [2.24, 2.45) is 0 Å². The van der Waals surface area contributed by atoms with Gasteiger partial charge in [0.05, 0.1) is 11.5 Å². The summed E-state index contributed by atoms with van der Waals surface area (Å²) >= 11 is 0. The summed E-state index contributed by atoms with van der Waals surface area (Å²) < 4.78 is 12.1. The number of esters is 1. The van der Waals surface area contributed by atoms with E-state index >= 15 is 0 Å². The lowest BCUT2D eigenvalue weighted by molar-refractivity contribution is 0.0292. The van der Waals surface area contributed by atoms with E-state index < -0.39 is 29.7 Å². The Balaban J connectivity index is 1.71. The van der Waals surface area contributed by atoms with Crippen molar-refractivity contribution in [1.82, 2.24) is 14.5 Å². The number of hydrogen-bond donors (Lipinski definition) is 1. The van der Waals surface area contributed by atoms with Crippen LogP contribution in [-0.4, -0.2) is 56.9 Å². The first-order valence-electron chi connectivity index (χ1n) is 14.1. The number of unbranched alkanes of at least 4 members (excludes halogenated alkanes) is 4. The number of carboxylic acid groups (broad SMARTS) is 1. The number of nitrogens with zero attached hydrogens (tertiary/aromatic N) is 3. The number of aryl methyl sites for hydroxylation is 1. The van der Waals surface area contributed by atoms with E-state index in [1.54, 1.807) is 64.2 Å². The van der Waals surface area contributed by atoms with E-state index in [4.69, 9.17) is 9.47 Å². The third kappa shape index (κ3) is 9.48. The van der Waals surface area contributed by atoms with Crippen molar-refractivity contribution < 1.29 is 29.0 Å². The van der Waals surface area contributed by atoms with E-state index in [1.807, 2.05) is 12.1 Å². The summed E-state index contributed by atoms with van der Waals surface area (Å²) in [6.45, 7) is 7.64. The molecule has 3 aromatic rings. The molecule has 2 aromatic carbocycles. The first kappa shape index (κ1) is 31.4. The van der Waals surface area contributed by atoms with Crippen LogP contribution >= 0.6 is 0 Å². The maximum Gasteiger partial charge on any atom is 0.417 e. The van der Waals surface area contributed by atoms with Gasteiger partial charge in [0.2, 0.25) is 0 Å². The second-order valence-corrected chi connectivity index (χ2v) is 11.2. The average molecular weight is 564 g/mol. The minimum atomic E-state index is -1.18. The van der Waals surface area contributed by atoms with Gasteiger partial charge in [-0.1, -0.05) is 56.9 Å². The Kier molecular flexibility index (Phi) is 11.1. The van der Waals surface area contributed by atoms with E-state index in [0.717, 1.165) is 17.4 Å². The van der Waals surface area contributed by atoms with Crippen LogP contribution in [-0.2, 0) is 11.2 Å². The highest BCUT2D eigenvalue weighted by Gasteiger charge is 2.27. The molecule has 0 radical (unpaired) electrons. The molecular formula is C32H41N3O6. The molecule has 220 valence electrons. The quantitative estimate of drug-likeness (QED) is 0.142. The summed E-state index contributed by atoms with van der Waals surface area (Å²) in [5.41, 5.74) is 1.67. The molecule has 1 amide bonds. The first-order valence-corrected chi connectivity index (χ1v) is 14.1. The van der Waals surface area contributed by atoms with Crippen molar-refractivity contribution in [3.05, 3.63) is 83.4 Å². The highest BCUT2D eigenvalue weighted by Crippen LogP contribution is 2.27. The van der Waals surface area contributed by atoms with E-state index in [9.17, 15) is 19.5 Å². The number of likely N-dealkylation sites (N-methyl/N-ethyl adjacent to an activating group) is 1. The van der Waals surface area contributed by atoms with Crippen LogP contribution in [0.5, 0.6) is 5.75 Å². The standard InChI is InChI=1S/C32H41N3O6/c1-6-7-8-9-10-11-23-12-14-25(15-13-23)29(36)40-26-18-16-24(17-19-26)27(28-33-20-21-35(28)30(37)38)22-34(5)31(39)41-32(2,3)4/h12-21,27H,6-11,22H2,1-5H3,(H,37,38). The number of benzene rings is 2. The van der Waals surface area contributed by atoms with Crippen LogP contribution in [0.25, 0.3) is 0 Å². The number of amides is 1. The molecular weight excluding hydrogens is 522 g/mol. The highest BCUT2D eigenvalue weighted by molar-refractivity contribution is 5.91. The lowest BCUT2D eigenvalue weighted by Crippen LogP contribution is -2.37. The Hall–Kier alpha value is -4.14. The van der Waals surface area contributed by atoms with Crippen LogP contribution in [0, 0.1) is 0 Å². The normalized spacial score (nSPS) is 12.0. The van der Waals surface area contributed by atoms with Crippen molar-refractivity contribution in [3.63, 3.8) is 0 Å². The predicted octanol–water partition coefficient (Wildman–Crippen LogP) is 7.14. The van der Waals surface area contributed by atoms with Gasteiger partial charge in [0.25, 0.3) is 0 Å². The van der Waals surface area contributed by atoms with Gasteiger partial charge in [0, 0.05) is 26.0 Å². The lowest BCUT2D eigenvalue weighted by atomic mass is 9.97. The van der Waals surface area contributed by atoms with Crippen LogP contribution in [0.2, 0.25) is 0 Å². The fraction of sp³-hybridized carbons (Fsp3) is 0.438. The number of hydrogen-bond acceptors (Lipinski definition) is 6. The van der Waals surface area contributed by atoms with Gasteiger partial charge in [-0.3, -0.25) is 0 Å². The van der Waals surface area contributed by atoms with Crippen molar-refractivity contribution >= 4 is 18.2 Å². The molecule has 3 rings (SSSR count). The van der Waals surface area contributed by atoms with Gasteiger partial charge in [0.15, 0.2) is 0 Å². The SMILES string of the molecule is CCCCCCCc1ccc(C(=O)Oc2ccc(C(CN(C)C(=O)OC(C)(C)C)c3nccn3C(=O)O)cc2)cc1. The second-order valence-electron chi connectivity index (χ2n) is 11.2. The van der Waals surface area contributed by atoms with Crippen molar-refractivity contribution in [1.29, 1.82) is 0 Å². The molecule has 0 fully saturated rings. The summed E-state index contributed by atoms with van der Waals surface area (Å²) in [7, 11) is 1.59. The molecule has 1 unspecified atom stereocenters. The molecule has 1 N–H and O–H groups in total. The third-order valence-corrected chi connectivity index (χ3v) is 6.60. The summed E-state index contributed by atoms with van der Waals surface area (Å²) in [5, 5.41) is 9.65. The van der Waals surface area contributed by atoms with Crippen LogP contribution in [0.1, 0.15) is 93.0 Å². The molecule has 0 aliphatic rings. The van der Waals surface area contributed by atoms with Crippen molar-refractivity contribution in [2.75, 3.05) is 13.6 Å². The number of ether oxygens (including phenoxy) is 2. The minimum absolute atomic E-state index is 0.114. The zero-order valence-corrected chi connectivity index (χ0v) is 24.6. The molecule has 41 heavy (non-hydrogen) atoms. The van der Waals surface area contributed by atoms with Gasteiger partial charge in [-0.25, -0.2) is 23.9 Å². The zero-order valence-electron chi connectivity index (χ0n) is 24.6. The molecule has 9 nitrogen and oxygen atoms in total. The summed E-state index contributed by atoms with van der Waals surface area (Å²) in [5.74, 6) is -0.449. The van der Waals surface area contributed by atoms with E-state index in [2.05, 4.69) is 11.9 Å².